The Morgan fingerprint density at radius 1 is 1.31 bits per heavy atom. The number of thioether (sulfide) groups is 1. The first kappa shape index (κ1) is 21.8. The van der Waals surface area contributed by atoms with Crippen molar-refractivity contribution in [3.05, 3.63) is 42.0 Å². The number of likely N-dealkylation sites (tertiary alicyclic amines) is 1. The molecule has 1 atom stereocenters. The summed E-state index contributed by atoms with van der Waals surface area (Å²) in [6.45, 7) is 2.85. The average molecular weight is 439 g/mol. The minimum absolute atomic E-state index is 0.130. The van der Waals surface area contributed by atoms with E-state index < -0.39 is 16.1 Å². The second-order valence-electron chi connectivity index (χ2n) is 7.05. The number of sulfonamides is 1. The van der Waals surface area contributed by atoms with Gasteiger partial charge in [0.25, 0.3) is 0 Å². The molecule has 1 aromatic carbocycles. The number of hydrogen-bond acceptors (Lipinski definition) is 7. The van der Waals surface area contributed by atoms with Crippen molar-refractivity contribution >= 4 is 27.7 Å². The van der Waals surface area contributed by atoms with Gasteiger partial charge in [0, 0.05) is 19.0 Å². The first-order valence-corrected chi connectivity index (χ1v) is 12.4. The van der Waals surface area contributed by atoms with Crippen LogP contribution in [0.5, 0.6) is 0 Å². The monoisotopic (exact) mass is 438 g/mol. The molecule has 0 saturated carbocycles. The van der Waals surface area contributed by atoms with Crippen LogP contribution < -0.4 is 4.72 Å². The normalized spacial score (nSPS) is 16.7. The molecular formula is C19H26N4O4S2. The minimum atomic E-state index is -3.76. The predicted molar refractivity (Wildman–Crippen MR) is 111 cm³/mol. The Morgan fingerprint density at radius 2 is 2.00 bits per heavy atom. The van der Waals surface area contributed by atoms with Gasteiger partial charge in [0.05, 0.1) is 4.90 Å². The van der Waals surface area contributed by atoms with Gasteiger partial charge in [-0.2, -0.15) is 21.5 Å². The topological polar surface area (TPSA) is 105 Å². The fourth-order valence-electron chi connectivity index (χ4n) is 3.37. The van der Waals surface area contributed by atoms with Crippen molar-refractivity contribution in [1.29, 1.82) is 0 Å². The number of carbonyl (C=O) groups excluding carboxylic acids is 1. The number of aryl methyl sites for hydroxylation is 1. The Kier molecular flexibility index (Phi) is 7.31. The number of nitrogens with zero attached hydrogens (tertiary/aromatic N) is 3. The largest absolute Gasteiger partial charge is 0.341 e. The summed E-state index contributed by atoms with van der Waals surface area (Å²) in [7, 11) is -3.76. The second-order valence-corrected chi connectivity index (χ2v) is 9.75. The van der Waals surface area contributed by atoms with E-state index >= 15 is 0 Å². The lowest BCUT2D eigenvalue weighted by Crippen LogP contribution is -2.50. The third-order valence-electron chi connectivity index (χ3n) is 4.96. The third-order valence-corrected chi connectivity index (χ3v) is 7.09. The molecule has 0 spiro atoms. The zero-order valence-electron chi connectivity index (χ0n) is 16.6. The lowest BCUT2D eigenvalue weighted by Gasteiger charge is -2.33. The van der Waals surface area contributed by atoms with Gasteiger partial charge in [0.1, 0.15) is 6.04 Å². The van der Waals surface area contributed by atoms with Crippen LogP contribution in [-0.4, -0.2) is 60.5 Å². The van der Waals surface area contributed by atoms with Crippen LogP contribution in [0.3, 0.4) is 0 Å². The van der Waals surface area contributed by atoms with E-state index in [-0.39, 0.29) is 16.7 Å². The molecule has 1 N–H and O–H groups in total. The first-order chi connectivity index (χ1) is 13.9. The van der Waals surface area contributed by atoms with Crippen molar-refractivity contribution in [3.8, 4) is 0 Å². The van der Waals surface area contributed by atoms with Crippen LogP contribution in [0, 0.1) is 6.92 Å². The molecule has 1 saturated heterocycles. The molecule has 8 nitrogen and oxygen atoms in total. The Bertz CT molecular complexity index is 909. The van der Waals surface area contributed by atoms with Crippen molar-refractivity contribution < 1.29 is 17.7 Å². The summed E-state index contributed by atoms with van der Waals surface area (Å²) in [6, 6.07) is 7.35. The van der Waals surface area contributed by atoms with E-state index in [0.29, 0.717) is 49.8 Å². The highest BCUT2D eigenvalue weighted by Crippen LogP contribution is 2.27. The van der Waals surface area contributed by atoms with Crippen LogP contribution in [0.4, 0.5) is 0 Å². The molecular weight excluding hydrogens is 412 g/mol. The molecule has 1 aliphatic rings. The summed E-state index contributed by atoms with van der Waals surface area (Å²) in [5, 5.41) is 3.83. The van der Waals surface area contributed by atoms with Crippen molar-refractivity contribution in [3.63, 3.8) is 0 Å². The zero-order valence-corrected chi connectivity index (χ0v) is 18.2. The van der Waals surface area contributed by atoms with Gasteiger partial charge in [-0.1, -0.05) is 23.4 Å². The fourth-order valence-corrected chi connectivity index (χ4v) is 5.09. The smallest absolute Gasteiger partial charge is 0.241 e. The van der Waals surface area contributed by atoms with E-state index in [1.165, 1.54) is 12.1 Å². The van der Waals surface area contributed by atoms with E-state index in [0.717, 1.165) is 0 Å². The Hall–Kier alpha value is -1.91. The standard InChI is InChI=1S/C19H26N4O4S2/c1-14-20-18(27-21-14)15-8-11-23(12-9-15)19(24)17(10-13-28-2)22-29(25,26)16-6-4-3-5-7-16/h3-7,15,17,22H,8-13H2,1-2H3. The lowest BCUT2D eigenvalue weighted by atomic mass is 9.96. The van der Waals surface area contributed by atoms with Crippen LogP contribution >= 0.6 is 11.8 Å². The van der Waals surface area contributed by atoms with Crippen molar-refractivity contribution in [2.24, 2.45) is 0 Å². The fraction of sp³-hybridized carbons (Fsp3) is 0.526. The SMILES string of the molecule is CSCCC(NS(=O)(=O)c1ccccc1)C(=O)N1CCC(c2nc(C)no2)CC1. The second kappa shape index (κ2) is 9.73. The van der Waals surface area contributed by atoms with Gasteiger partial charge in [-0.25, -0.2) is 8.42 Å². The molecule has 0 radical (unpaired) electrons. The van der Waals surface area contributed by atoms with E-state index in [9.17, 15) is 13.2 Å². The molecule has 1 aromatic heterocycles. The maximum absolute atomic E-state index is 13.1. The van der Waals surface area contributed by atoms with Crippen LogP contribution in [0.1, 0.15) is 36.9 Å². The molecule has 2 heterocycles. The average Bonchev–Trinajstić information content (AvgIpc) is 3.17. The quantitative estimate of drug-likeness (QED) is 0.673. The number of rotatable bonds is 8. The molecule has 0 aliphatic carbocycles. The van der Waals surface area contributed by atoms with E-state index in [1.54, 1.807) is 41.8 Å². The van der Waals surface area contributed by atoms with Crippen LogP contribution in [0.2, 0.25) is 0 Å². The highest BCUT2D eigenvalue weighted by Gasteiger charge is 2.32. The van der Waals surface area contributed by atoms with E-state index in [4.69, 9.17) is 4.52 Å². The summed E-state index contributed by atoms with van der Waals surface area (Å²) in [5.74, 6) is 1.85. The molecule has 29 heavy (non-hydrogen) atoms. The Morgan fingerprint density at radius 3 is 2.59 bits per heavy atom. The lowest BCUT2D eigenvalue weighted by molar-refractivity contribution is -0.134. The Balaban J connectivity index is 1.66. The highest BCUT2D eigenvalue weighted by molar-refractivity contribution is 7.98. The van der Waals surface area contributed by atoms with Gasteiger partial charge in [-0.15, -0.1) is 0 Å². The molecule has 0 bridgehead atoms. The summed E-state index contributed by atoms with van der Waals surface area (Å²) in [5.41, 5.74) is 0. The molecule has 3 rings (SSSR count). The molecule has 1 amide bonds. The number of aromatic nitrogens is 2. The molecule has 10 heteroatoms. The minimum Gasteiger partial charge on any atom is -0.341 e. The summed E-state index contributed by atoms with van der Waals surface area (Å²) >= 11 is 1.58. The number of carbonyl (C=O) groups is 1. The molecule has 1 aliphatic heterocycles. The number of nitrogens with one attached hydrogen (secondary N) is 1. The highest BCUT2D eigenvalue weighted by atomic mass is 32.2. The van der Waals surface area contributed by atoms with E-state index in [2.05, 4.69) is 14.9 Å². The number of hydrogen-bond donors (Lipinski definition) is 1. The number of amides is 1. The van der Waals surface area contributed by atoms with Gasteiger partial charge in [-0.3, -0.25) is 4.79 Å². The van der Waals surface area contributed by atoms with Gasteiger partial charge >= 0.3 is 0 Å². The first-order valence-electron chi connectivity index (χ1n) is 9.56. The van der Waals surface area contributed by atoms with Crippen LogP contribution in [0.15, 0.2) is 39.8 Å². The van der Waals surface area contributed by atoms with Crippen molar-refractivity contribution in [2.45, 2.75) is 43.0 Å². The predicted octanol–water partition coefficient (Wildman–Crippen LogP) is 2.18. The van der Waals surface area contributed by atoms with Crippen LogP contribution in [-0.2, 0) is 14.8 Å². The van der Waals surface area contributed by atoms with Gasteiger partial charge in [-0.05, 0) is 50.3 Å². The molecule has 1 unspecified atom stereocenters. The van der Waals surface area contributed by atoms with Gasteiger partial charge in [0.15, 0.2) is 5.82 Å². The number of piperidine rings is 1. The van der Waals surface area contributed by atoms with Gasteiger partial charge in [0.2, 0.25) is 21.8 Å². The summed E-state index contributed by atoms with van der Waals surface area (Å²) in [4.78, 5) is 19.3. The van der Waals surface area contributed by atoms with Crippen molar-refractivity contribution in [2.75, 3.05) is 25.1 Å². The maximum Gasteiger partial charge on any atom is 0.241 e. The molecule has 2 aromatic rings. The van der Waals surface area contributed by atoms with Crippen molar-refractivity contribution in [1.82, 2.24) is 19.8 Å². The molecule has 158 valence electrons. The summed E-state index contributed by atoms with van der Waals surface area (Å²) in [6.07, 6.45) is 3.81. The third kappa shape index (κ3) is 5.58. The van der Waals surface area contributed by atoms with Gasteiger partial charge < -0.3 is 9.42 Å². The maximum atomic E-state index is 13.1. The van der Waals surface area contributed by atoms with E-state index in [1.807, 2.05) is 6.26 Å². The van der Waals surface area contributed by atoms with Crippen LogP contribution in [0.25, 0.3) is 0 Å². The number of benzene rings is 1. The molecule has 1 fully saturated rings. The zero-order chi connectivity index (χ0) is 20.9. The summed E-state index contributed by atoms with van der Waals surface area (Å²) < 4.78 is 33.3. The Labute approximate surface area is 175 Å².